The Balaban J connectivity index is 3.21. The summed E-state index contributed by atoms with van der Waals surface area (Å²) in [7, 11) is 1.75. The summed E-state index contributed by atoms with van der Waals surface area (Å²) < 4.78 is 11.7. The van der Waals surface area contributed by atoms with E-state index in [0.717, 1.165) is 31.7 Å². The molecule has 2 unspecified atom stereocenters. The largest absolute Gasteiger partial charge is 0.496 e. The molecule has 1 rings (SSSR count). The maximum absolute atomic E-state index is 5.96. The Morgan fingerprint density at radius 3 is 2.38 bits per heavy atom. The molecule has 0 saturated heterocycles. The van der Waals surface area contributed by atoms with Gasteiger partial charge in [0.2, 0.25) is 0 Å². The van der Waals surface area contributed by atoms with Gasteiger partial charge in [-0.3, -0.25) is 0 Å². The number of ether oxygens (including phenoxy) is 2. The molecule has 0 spiro atoms. The molecule has 2 atom stereocenters. The molecule has 0 heterocycles. The first-order valence-corrected chi connectivity index (χ1v) is 8.09. The van der Waals surface area contributed by atoms with Gasteiger partial charge < -0.3 is 14.8 Å². The first kappa shape index (κ1) is 18.0. The minimum absolute atomic E-state index is 0.164. The SMILES string of the molecule is CCCNC(c1ccc(C)c(C)c1OC)C(CC)OCC. The molecule has 120 valence electrons. The number of nitrogens with one attached hydrogen (secondary N) is 1. The topological polar surface area (TPSA) is 30.5 Å². The van der Waals surface area contributed by atoms with Crippen molar-refractivity contribution in [1.29, 1.82) is 0 Å². The lowest BCUT2D eigenvalue weighted by Crippen LogP contribution is -2.34. The van der Waals surface area contributed by atoms with Gasteiger partial charge in [0.25, 0.3) is 0 Å². The van der Waals surface area contributed by atoms with E-state index in [-0.39, 0.29) is 12.1 Å². The summed E-state index contributed by atoms with van der Waals surface area (Å²) in [5.74, 6) is 0.988. The standard InChI is InChI=1S/C18H31NO2/c1-7-12-19-17(16(8-2)21-9-3)15-11-10-13(4)14(5)18(15)20-6/h10-11,16-17,19H,7-9,12H2,1-6H3. The van der Waals surface area contributed by atoms with Crippen molar-refractivity contribution < 1.29 is 9.47 Å². The molecule has 1 aromatic carbocycles. The highest BCUT2D eigenvalue weighted by molar-refractivity contribution is 5.47. The van der Waals surface area contributed by atoms with E-state index in [2.05, 4.69) is 52.1 Å². The lowest BCUT2D eigenvalue weighted by Gasteiger charge is -2.29. The van der Waals surface area contributed by atoms with E-state index < -0.39 is 0 Å². The summed E-state index contributed by atoms with van der Waals surface area (Å²) >= 11 is 0. The Kier molecular flexibility index (Phi) is 7.76. The van der Waals surface area contributed by atoms with Crippen molar-refractivity contribution in [2.45, 2.75) is 59.6 Å². The maximum Gasteiger partial charge on any atom is 0.126 e. The Bertz CT molecular complexity index is 431. The molecule has 3 heteroatoms. The molecule has 0 amide bonds. The van der Waals surface area contributed by atoms with Gasteiger partial charge in [0, 0.05) is 12.2 Å². The van der Waals surface area contributed by atoms with Crippen molar-refractivity contribution in [2.75, 3.05) is 20.3 Å². The second-order valence-corrected chi connectivity index (χ2v) is 5.46. The summed E-state index contributed by atoms with van der Waals surface area (Å²) in [4.78, 5) is 0. The van der Waals surface area contributed by atoms with E-state index in [1.54, 1.807) is 7.11 Å². The maximum atomic E-state index is 5.96. The number of hydrogen-bond donors (Lipinski definition) is 1. The van der Waals surface area contributed by atoms with Crippen molar-refractivity contribution >= 4 is 0 Å². The van der Waals surface area contributed by atoms with Crippen LogP contribution in [0.2, 0.25) is 0 Å². The molecule has 1 N–H and O–H groups in total. The predicted molar refractivity (Wildman–Crippen MR) is 89.2 cm³/mol. The van der Waals surface area contributed by atoms with Gasteiger partial charge in [-0.1, -0.05) is 26.0 Å². The van der Waals surface area contributed by atoms with Gasteiger partial charge in [-0.15, -0.1) is 0 Å². The van der Waals surface area contributed by atoms with Crippen LogP contribution >= 0.6 is 0 Å². The van der Waals surface area contributed by atoms with Gasteiger partial charge in [-0.05, 0) is 51.3 Å². The zero-order valence-corrected chi connectivity index (χ0v) is 14.5. The first-order chi connectivity index (χ1) is 10.1. The monoisotopic (exact) mass is 293 g/mol. The predicted octanol–water partition coefficient (Wildman–Crippen LogP) is 4.17. The number of aryl methyl sites for hydroxylation is 1. The third kappa shape index (κ3) is 4.45. The highest BCUT2D eigenvalue weighted by Crippen LogP contribution is 2.34. The zero-order chi connectivity index (χ0) is 15.8. The van der Waals surface area contributed by atoms with Gasteiger partial charge in [0.05, 0.1) is 19.3 Å². The fraction of sp³-hybridized carbons (Fsp3) is 0.667. The second-order valence-electron chi connectivity index (χ2n) is 5.46. The number of rotatable bonds is 9. The molecule has 0 aliphatic rings. The Morgan fingerprint density at radius 2 is 1.86 bits per heavy atom. The van der Waals surface area contributed by atoms with E-state index in [4.69, 9.17) is 9.47 Å². The summed E-state index contributed by atoms with van der Waals surface area (Å²) in [6, 6.07) is 4.52. The van der Waals surface area contributed by atoms with Crippen LogP contribution in [0, 0.1) is 13.8 Å². The highest BCUT2D eigenvalue weighted by atomic mass is 16.5. The highest BCUT2D eigenvalue weighted by Gasteiger charge is 2.25. The molecule has 0 aliphatic heterocycles. The third-order valence-electron chi connectivity index (χ3n) is 4.02. The zero-order valence-electron chi connectivity index (χ0n) is 14.5. The van der Waals surface area contributed by atoms with E-state index in [1.165, 1.54) is 16.7 Å². The molecule has 1 aromatic rings. The van der Waals surface area contributed by atoms with Gasteiger partial charge in [0.15, 0.2) is 0 Å². The smallest absolute Gasteiger partial charge is 0.126 e. The van der Waals surface area contributed by atoms with Crippen LogP contribution < -0.4 is 10.1 Å². The summed E-state index contributed by atoms with van der Waals surface area (Å²) in [5, 5.41) is 3.64. The fourth-order valence-electron chi connectivity index (χ4n) is 2.73. The molecule has 0 radical (unpaired) electrons. The van der Waals surface area contributed by atoms with Crippen molar-refractivity contribution in [3.05, 3.63) is 28.8 Å². The molecule has 0 saturated carbocycles. The minimum Gasteiger partial charge on any atom is -0.496 e. The number of hydrogen-bond acceptors (Lipinski definition) is 3. The second kappa shape index (κ2) is 9.06. The lowest BCUT2D eigenvalue weighted by molar-refractivity contribution is 0.0308. The normalized spacial score (nSPS) is 14.0. The first-order valence-electron chi connectivity index (χ1n) is 8.09. The van der Waals surface area contributed by atoms with Gasteiger partial charge in [-0.25, -0.2) is 0 Å². The van der Waals surface area contributed by atoms with Crippen molar-refractivity contribution in [3.63, 3.8) is 0 Å². The van der Waals surface area contributed by atoms with Crippen LogP contribution in [-0.4, -0.2) is 26.4 Å². The molecule has 0 aliphatic carbocycles. The van der Waals surface area contributed by atoms with Gasteiger partial charge in [-0.2, -0.15) is 0 Å². The molecule has 0 fully saturated rings. The summed E-state index contributed by atoms with van der Waals surface area (Å²) in [6.07, 6.45) is 2.25. The van der Waals surface area contributed by atoms with E-state index in [0.29, 0.717) is 0 Å². The molecule has 3 nitrogen and oxygen atoms in total. The number of benzene rings is 1. The molecular weight excluding hydrogens is 262 g/mol. The van der Waals surface area contributed by atoms with Crippen molar-refractivity contribution in [2.24, 2.45) is 0 Å². The average Bonchev–Trinajstić information content (AvgIpc) is 2.49. The number of methoxy groups -OCH3 is 1. The minimum atomic E-state index is 0.164. The van der Waals surface area contributed by atoms with Crippen molar-refractivity contribution in [1.82, 2.24) is 5.32 Å². The fourth-order valence-corrected chi connectivity index (χ4v) is 2.73. The Morgan fingerprint density at radius 1 is 1.14 bits per heavy atom. The van der Waals surface area contributed by atoms with Crippen LogP contribution in [0.3, 0.4) is 0 Å². The summed E-state index contributed by atoms with van der Waals surface area (Å²) in [6.45, 7) is 12.4. The molecule has 0 bridgehead atoms. The average molecular weight is 293 g/mol. The van der Waals surface area contributed by atoms with Crippen LogP contribution in [0.15, 0.2) is 12.1 Å². The van der Waals surface area contributed by atoms with Gasteiger partial charge >= 0.3 is 0 Å². The Hall–Kier alpha value is -1.06. The van der Waals surface area contributed by atoms with Crippen LogP contribution in [0.5, 0.6) is 5.75 Å². The lowest BCUT2D eigenvalue weighted by atomic mass is 9.94. The van der Waals surface area contributed by atoms with E-state index >= 15 is 0 Å². The van der Waals surface area contributed by atoms with Crippen LogP contribution in [-0.2, 0) is 4.74 Å². The van der Waals surface area contributed by atoms with Crippen LogP contribution in [0.1, 0.15) is 56.3 Å². The van der Waals surface area contributed by atoms with E-state index in [1.807, 2.05) is 0 Å². The van der Waals surface area contributed by atoms with Gasteiger partial charge in [0.1, 0.15) is 5.75 Å². The third-order valence-corrected chi connectivity index (χ3v) is 4.02. The summed E-state index contributed by atoms with van der Waals surface area (Å²) in [5.41, 5.74) is 3.67. The Labute approximate surface area is 130 Å². The molecular formula is C18H31NO2. The van der Waals surface area contributed by atoms with Crippen LogP contribution in [0.4, 0.5) is 0 Å². The molecule has 0 aromatic heterocycles. The van der Waals surface area contributed by atoms with Crippen molar-refractivity contribution in [3.8, 4) is 5.75 Å². The van der Waals surface area contributed by atoms with Crippen LogP contribution in [0.25, 0.3) is 0 Å². The van der Waals surface area contributed by atoms with E-state index in [9.17, 15) is 0 Å². The molecule has 21 heavy (non-hydrogen) atoms. The quantitative estimate of drug-likeness (QED) is 0.741.